The summed E-state index contributed by atoms with van der Waals surface area (Å²) < 4.78 is 0. The molecule has 0 bridgehead atoms. The fourth-order valence-electron chi connectivity index (χ4n) is 1.68. The summed E-state index contributed by atoms with van der Waals surface area (Å²) in [6.45, 7) is 2.77. The highest BCUT2D eigenvalue weighted by Crippen LogP contribution is 2.26. The van der Waals surface area contributed by atoms with Crippen LogP contribution in [0.3, 0.4) is 0 Å². The summed E-state index contributed by atoms with van der Waals surface area (Å²) in [5.41, 5.74) is 0.236. The van der Waals surface area contributed by atoms with Gasteiger partial charge in [0.1, 0.15) is 0 Å². The summed E-state index contributed by atoms with van der Waals surface area (Å²) in [5.74, 6) is -0.989. The van der Waals surface area contributed by atoms with Gasteiger partial charge >= 0.3 is 5.97 Å². The molecule has 1 fully saturated rings. The monoisotopic (exact) mass is 208 g/mol. The maximum Gasteiger partial charge on any atom is 0.337 e. The molecule has 0 spiro atoms. The molecule has 5 nitrogen and oxygen atoms in total. The largest absolute Gasteiger partial charge is 0.478 e. The van der Waals surface area contributed by atoms with Gasteiger partial charge in [-0.2, -0.15) is 0 Å². The minimum absolute atomic E-state index is 0.166. The van der Waals surface area contributed by atoms with Gasteiger partial charge in [0.05, 0.1) is 23.0 Å². The van der Waals surface area contributed by atoms with E-state index >= 15 is 0 Å². The predicted octanol–water partition coefficient (Wildman–Crippen LogP) is 0.351. The van der Waals surface area contributed by atoms with Gasteiger partial charge in [0, 0.05) is 19.3 Å². The molecule has 15 heavy (non-hydrogen) atoms. The quantitative estimate of drug-likeness (QED) is 0.733. The van der Waals surface area contributed by atoms with Crippen LogP contribution in [0.15, 0.2) is 18.5 Å². The van der Waals surface area contributed by atoms with E-state index < -0.39 is 11.6 Å². The van der Waals surface area contributed by atoms with Gasteiger partial charge in [-0.3, -0.25) is 4.98 Å². The predicted molar refractivity (Wildman–Crippen MR) is 54.0 cm³/mol. The second-order valence-electron chi connectivity index (χ2n) is 4.09. The van der Waals surface area contributed by atoms with Crippen molar-refractivity contribution in [2.24, 2.45) is 0 Å². The lowest BCUT2D eigenvalue weighted by Gasteiger charge is -2.45. The number of carboxylic acid groups (broad SMARTS) is 1. The summed E-state index contributed by atoms with van der Waals surface area (Å²) in [6, 6.07) is 1.56. The highest BCUT2D eigenvalue weighted by atomic mass is 16.4. The molecule has 0 aliphatic carbocycles. The van der Waals surface area contributed by atoms with Crippen LogP contribution in [0.2, 0.25) is 0 Å². The van der Waals surface area contributed by atoms with Crippen molar-refractivity contribution in [2.45, 2.75) is 12.5 Å². The number of rotatable bonds is 2. The number of carbonyl (C=O) groups is 1. The SMILES string of the molecule is CC1(O)CN(c2cncc(C(=O)O)c2)C1. The smallest absolute Gasteiger partial charge is 0.337 e. The molecule has 0 aromatic carbocycles. The fourth-order valence-corrected chi connectivity index (χ4v) is 1.68. The van der Waals surface area contributed by atoms with Gasteiger partial charge in [-0.25, -0.2) is 4.79 Å². The van der Waals surface area contributed by atoms with E-state index in [0.717, 1.165) is 5.69 Å². The molecule has 0 radical (unpaired) electrons. The van der Waals surface area contributed by atoms with Crippen LogP contribution in [0.4, 0.5) is 5.69 Å². The second kappa shape index (κ2) is 3.20. The Kier molecular flexibility index (Phi) is 2.12. The standard InChI is InChI=1S/C10H12N2O3/c1-10(15)5-12(6-10)8-2-7(9(13)14)3-11-4-8/h2-4,15H,5-6H2,1H3,(H,13,14). The van der Waals surface area contributed by atoms with Gasteiger partial charge in [-0.05, 0) is 13.0 Å². The Morgan fingerprint density at radius 1 is 1.53 bits per heavy atom. The summed E-state index contributed by atoms with van der Waals surface area (Å²) in [4.78, 5) is 16.4. The average Bonchev–Trinajstić information content (AvgIpc) is 2.14. The Bertz CT molecular complexity index is 395. The van der Waals surface area contributed by atoms with E-state index in [2.05, 4.69) is 4.98 Å². The lowest BCUT2D eigenvalue weighted by atomic mass is 9.96. The van der Waals surface area contributed by atoms with E-state index in [1.54, 1.807) is 19.2 Å². The van der Waals surface area contributed by atoms with Gasteiger partial charge in [-0.1, -0.05) is 0 Å². The zero-order valence-electron chi connectivity index (χ0n) is 8.34. The van der Waals surface area contributed by atoms with Crippen molar-refractivity contribution >= 4 is 11.7 Å². The Morgan fingerprint density at radius 3 is 2.73 bits per heavy atom. The summed E-state index contributed by atoms with van der Waals surface area (Å²) in [5, 5.41) is 18.3. The molecule has 1 saturated heterocycles. The highest BCUT2D eigenvalue weighted by molar-refractivity contribution is 5.88. The lowest BCUT2D eigenvalue weighted by molar-refractivity contribution is 0.0310. The topological polar surface area (TPSA) is 73.7 Å². The first-order chi connectivity index (χ1) is 6.98. The first-order valence-corrected chi connectivity index (χ1v) is 4.64. The van der Waals surface area contributed by atoms with Crippen LogP contribution in [-0.4, -0.2) is 39.9 Å². The van der Waals surface area contributed by atoms with E-state index in [0.29, 0.717) is 13.1 Å². The van der Waals surface area contributed by atoms with E-state index in [1.807, 2.05) is 4.90 Å². The van der Waals surface area contributed by atoms with Crippen molar-refractivity contribution in [3.63, 3.8) is 0 Å². The first kappa shape index (κ1) is 9.92. The van der Waals surface area contributed by atoms with Gasteiger partial charge in [0.2, 0.25) is 0 Å². The molecule has 2 rings (SSSR count). The summed E-state index contributed by atoms with van der Waals surface area (Å²) >= 11 is 0. The number of β-amino-alcohol motifs (C(OH)–C–C–N with tert-alkyl or cyclic N) is 1. The summed E-state index contributed by atoms with van der Waals surface area (Å²) in [7, 11) is 0. The Balaban J connectivity index is 2.17. The van der Waals surface area contributed by atoms with E-state index in [1.165, 1.54) is 6.20 Å². The third-order valence-corrected chi connectivity index (χ3v) is 2.40. The normalized spacial score (nSPS) is 18.4. The number of aliphatic hydroxyl groups is 1. The van der Waals surface area contributed by atoms with Gasteiger partial charge in [0.15, 0.2) is 0 Å². The van der Waals surface area contributed by atoms with Gasteiger partial charge in [0.25, 0.3) is 0 Å². The minimum Gasteiger partial charge on any atom is -0.478 e. The Hall–Kier alpha value is -1.62. The van der Waals surface area contributed by atoms with E-state index in [9.17, 15) is 9.90 Å². The van der Waals surface area contributed by atoms with Crippen LogP contribution >= 0.6 is 0 Å². The third kappa shape index (κ3) is 1.92. The first-order valence-electron chi connectivity index (χ1n) is 4.64. The van der Waals surface area contributed by atoms with Gasteiger partial charge in [-0.15, -0.1) is 0 Å². The molecule has 0 atom stereocenters. The number of anilines is 1. The molecule has 1 aliphatic rings. The molecule has 1 aromatic rings. The fraction of sp³-hybridized carbons (Fsp3) is 0.400. The van der Waals surface area contributed by atoms with Crippen molar-refractivity contribution < 1.29 is 15.0 Å². The molecule has 0 amide bonds. The molecule has 2 heterocycles. The molecule has 1 aliphatic heterocycles. The maximum atomic E-state index is 10.7. The van der Waals surface area contributed by atoms with Crippen LogP contribution < -0.4 is 4.90 Å². The Morgan fingerprint density at radius 2 is 2.20 bits per heavy atom. The van der Waals surface area contributed by atoms with E-state index in [-0.39, 0.29) is 5.56 Å². The maximum absolute atomic E-state index is 10.7. The summed E-state index contributed by atoms with van der Waals surface area (Å²) in [6.07, 6.45) is 2.91. The molecule has 2 N–H and O–H groups in total. The molecule has 0 unspecified atom stereocenters. The molecule has 1 aromatic heterocycles. The zero-order valence-corrected chi connectivity index (χ0v) is 8.34. The molecule has 0 saturated carbocycles. The van der Waals surface area contributed by atoms with Crippen LogP contribution in [0.5, 0.6) is 0 Å². The van der Waals surface area contributed by atoms with Crippen LogP contribution in [0.25, 0.3) is 0 Å². The van der Waals surface area contributed by atoms with Crippen molar-refractivity contribution in [3.8, 4) is 0 Å². The molecule has 5 heteroatoms. The van der Waals surface area contributed by atoms with Crippen molar-refractivity contribution in [2.75, 3.05) is 18.0 Å². The zero-order chi connectivity index (χ0) is 11.1. The number of hydrogen-bond donors (Lipinski definition) is 2. The van der Waals surface area contributed by atoms with Gasteiger partial charge < -0.3 is 15.1 Å². The minimum atomic E-state index is -0.989. The number of pyridine rings is 1. The Labute approximate surface area is 87.0 Å². The van der Waals surface area contributed by atoms with Crippen LogP contribution in [0, 0.1) is 0 Å². The number of aromatic nitrogens is 1. The lowest BCUT2D eigenvalue weighted by Crippen LogP contribution is -2.60. The number of nitrogens with zero attached hydrogens (tertiary/aromatic N) is 2. The van der Waals surface area contributed by atoms with Crippen molar-refractivity contribution in [1.82, 2.24) is 4.98 Å². The van der Waals surface area contributed by atoms with E-state index in [4.69, 9.17) is 5.11 Å². The number of aromatic carboxylic acids is 1. The second-order valence-corrected chi connectivity index (χ2v) is 4.09. The molecular formula is C10H12N2O3. The van der Waals surface area contributed by atoms with Crippen LogP contribution in [-0.2, 0) is 0 Å². The molecular weight excluding hydrogens is 196 g/mol. The van der Waals surface area contributed by atoms with Crippen molar-refractivity contribution in [3.05, 3.63) is 24.0 Å². The van der Waals surface area contributed by atoms with Crippen LogP contribution in [0.1, 0.15) is 17.3 Å². The number of hydrogen-bond acceptors (Lipinski definition) is 4. The third-order valence-electron chi connectivity index (χ3n) is 2.40. The number of carboxylic acids is 1. The average molecular weight is 208 g/mol. The highest BCUT2D eigenvalue weighted by Gasteiger charge is 2.36. The molecule has 80 valence electrons. The van der Waals surface area contributed by atoms with Crippen molar-refractivity contribution in [1.29, 1.82) is 0 Å².